The number of β-amino-alcohol motifs (C(OH)–C–C–N with tert-alkyl or cyclic N) is 1. The van der Waals surface area contributed by atoms with Crippen molar-refractivity contribution in [2.24, 2.45) is 11.8 Å². The first-order valence-electron chi connectivity index (χ1n) is 16.3. The smallest absolute Gasteiger partial charge is 0.313 e. The fraction of sp³-hybridized carbons (Fsp3) is 0.588. The molecule has 1 spiro atoms. The molecule has 4 heterocycles. The minimum atomic E-state index is -1.21. The molecule has 0 radical (unpaired) electrons. The van der Waals surface area contributed by atoms with E-state index in [-0.39, 0.29) is 44.5 Å². The summed E-state index contributed by atoms with van der Waals surface area (Å²) in [5.41, 5.74) is -0.510. The highest BCUT2D eigenvalue weighted by Crippen LogP contribution is 2.59. The number of carbonyl (C=O) groups excluding carboxylic acids is 4. The van der Waals surface area contributed by atoms with Crippen molar-refractivity contribution in [3.8, 4) is 0 Å². The predicted octanol–water partition coefficient (Wildman–Crippen LogP) is 1.07. The molecular formula is C34H46N4O8. The van der Waals surface area contributed by atoms with E-state index in [1.165, 1.54) is 4.90 Å². The van der Waals surface area contributed by atoms with Gasteiger partial charge in [-0.25, -0.2) is 0 Å². The molecule has 5 rings (SSSR count). The summed E-state index contributed by atoms with van der Waals surface area (Å²) in [5, 5.41) is 12.8. The molecule has 12 nitrogen and oxygen atoms in total. The Bertz CT molecular complexity index is 1270. The molecule has 4 fully saturated rings. The van der Waals surface area contributed by atoms with E-state index in [2.05, 4.69) is 23.4 Å². The number of esters is 1. The second-order valence-electron chi connectivity index (χ2n) is 12.3. The van der Waals surface area contributed by atoms with Gasteiger partial charge in [0.25, 0.3) is 0 Å². The van der Waals surface area contributed by atoms with E-state index in [1.807, 2.05) is 30.3 Å². The lowest BCUT2D eigenvalue weighted by Gasteiger charge is -2.37. The first kappa shape index (κ1) is 33.8. The number of allylic oxidation sites excluding steroid dienone is 1. The molecule has 1 aromatic rings. The van der Waals surface area contributed by atoms with Gasteiger partial charge in [-0.1, -0.05) is 42.5 Å². The summed E-state index contributed by atoms with van der Waals surface area (Å²) >= 11 is 0. The topological polar surface area (TPSA) is 138 Å². The molecule has 0 aliphatic carbocycles. The van der Waals surface area contributed by atoms with Gasteiger partial charge in [0.05, 0.1) is 44.3 Å². The quantitative estimate of drug-likeness (QED) is 0.201. The van der Waals surface area contributed by atoms with E-state index in [0.717, 1.165) is 13.1 Å². The summed E-state index contributed by atoms with van der Waals surface area (Å²) < 4.78 is 18.0. The van der Waals surface area contributed by atoms with Crippen LogP contribution in [0.1, 0.15) is 37.4 Å². The van der Waals surface area contributed by atoms with Gasteiger partial charge in [-0.05, 0) is 24.8 Å². The van der Waals surface area contributed by atoms with Crippen LogP contribution < -0.4 is 5.32 Å². The number of amides is 3. The van der Waals surface area contributed by atoms with Crippen LogP contribution in [0.4, 0.5) is 0 Å². The highest BCUT2D eigenvalue weighted by molar-refractivity contribution is 5.98. The number of nitrogens with zero attached hydrogens (tertiary/aromatic N) is 3. The number of morpholine rings is 1. The lowest BCUT2D eigenvalue weighted by molar-refractivity contribution is -0.160. The normalized spacial score (nSPS) is 27.6. The number of aliphatic hydroxyl groups is 1. The summed E-state index contributed by atoms with van der Waals surface area (Å²) in [6.07, 6.45) is 3.66. The van der Waals surface area contributed by atoms with Gasteiger partial charge >= 0.3 is 5.97 Å². The zero-order valence-corrected chi connectivity index (χ0v) is 26.4. The zero-order chi connectivity index (χ0) is 32.7. The van der Waals surface area contributed by atoms with Crippen molar-refractivity contribution in [1.29, 1.82) is 0 Å². The average Bonchev–Trinajstić information content (AvgIpc) is 3.72. The van der Waals surface area contributed by atoms with E-state index in [1.54, 1.807) is 17.1 Å². The van der Waals surface area contributed by atoms with Gasteiger partial charge in [-0.3, -0.25) is 24.1 Å². The third kappa shape index (κ3) is 6.90. The first-order valence-corrected chi connectivity index (χ1v) is 16.3. The molecule has 0 saturated carbocycles. The molecule has 12 heteroatoms. The van der Waals surface area contributed by atoms with Crippen LogP contribution in [0, 0.1) is 11.8 Å². The van der Waals surface area contributed by atoms with Crippen molar-refractivity contribution in [1.82, 2.24) is 20.0 Å². The van der Waals surface area contributed by atoms with Crippen LogP contribution in [0.3, 0.4) is 0 Å². The van der Waals surface area contributed by atoms with Gasteiger partial charge in [0, 0.05) is 45.7 Å². The number of ether oxygens (including phenoxy) is 3. The number of rotatable bonds is 16. The third-order valence-electron chi connectivity index (χ3n) is 9.59. The Hall–Kier alpha value is -3.58. The maximum Gasteiger partial charge on any atom is 0.313 e. The van der Waals surface area contributed by atoms with E-state index >= 15 is 0 Å². The molecule has 2 N–H and O–H groups in total. The monoisotopic (exact) mass is 638 g/mol. The van der Waals surface area contributed by atoms with Crippen molar-refractivity contribution < 1.29 is 38.5 Å². The minimum absolute atomic E-state index is 0.0575. The van der Waals surface area contributed by atoms with Crippen LogP contribution in [0.2, 0.25) is 0 Å². The number of carbonyl (C=O) groups is 4. The summed E-state index contributed by atoms with van der Waals surface area (Å²) in [4.78, 5) is 60.1. The molecule has 0 unspecified atom stereocenters. The van der Waals surface area contributed by atoms with Gasteiger partial charge < -0.3 is 34.4 Å². The lowest BCUT2D eigenvalue weighted by Crippen LogP contribution is -2.57. The fourth-order valence-corrected chi connectivity index (χ4v) is 7.40. The van der Waals surface area contributed by atoms with E-state index in [9.17, 15) is 24.3 Å². The Kier molecular flexibility index (Phi) is 11.3. The first-order chi connectivity index (χ1) is 22.3. The number of hydrogen-bond acceptors (Lipinski definition) is 9. The number of aliphatic hydroxyl groups excluding tert-OH is 1. The third-order valence-corrected chi connectivity index (χ3v) is 9.59. The summed E-state index contributed by atoms with van der Waals surface area (Å²) in [7, 11) is 0. The van der Waals surface area contributed by atoms with Crippen LogP contribution in [0.25, 0.3) is 0 Å². The maximum absolute atomic E-state index is 14.3. The van der Waals surface area contributed by atoms with Crippen molar-refractivity contribution in [3.63, 3.8) is 0 Å². The largest absolute Gasteiger partial charge is 0.455 e. The number of hydrogen-bond donors (Lipinski definition) is 2. The number of likely N-dealkylation sites (tertiary alicyclic amines) is 1. The molecule has 4 saturated heterocycles. The second-order valence-corrected chi connectivity index (χ2v) is 12.3. The average molecular weight is 639 g/mol. The molecule has 4 aliphatic heterocycles. The standard InChI is InChI=1S/C34H46N4O8/c1-3-5-11-27(40)35-23-26(24-9-7-6-8-10-24)45-33(43)28-25-12-13-34(46-25)29(28)31(41)38(17-20-39)30(34)32(42)37(14-4-2)16-15-36-18-21-44-22-19-36/h3-4,6-10,25-26,28-30,39H,1-2,5,11-23H2,(H,35,40)/t25-,26-,28+,29+,30-,34+/m1/s1. The SMILES string of the molecule is C=CCCC(=O)NC[C@@H](OC(=O)[C@@H]1[C@H]2C(=O)N(CCO)[C@H](C(=O)N(CC=C)CCN3CCOCC3)[C@]23CC[C@H]1O3)c1ccccc1. The Balaban J connectivity index is 1.36. The maximum atomic E-state index is 14.3. The van der Waals surface area contributed by atoms with E-state index in [0.29, 0.717) is 51.1 Å². The van der Waals surface area contributed by atoms with E-state index < -0.39 is 47.6 Å². The van der Waals surface area contributed by atoms with Crippen molar-refractivity contribution in [2.45, 2.75) is 49.5 Å². The van der Waals surface area contributed by atoms with Crippen molar-refractivity contribution in [2.75, 3.05) is 65.6 Å². The predicted molar refractivity (Wildman–Crippen MR) is 168 cm³/mol. The van der Waals surface area contributed by atoms with Gasteiger partial charge in [0.1, 0.15) is 17.7 Å². The van der Waals surface area contributed by atoms with Crippen LogP contribution in [-0.4, -0.2) is 127 Å². The summed E-state index contributed by atoms with van der Waals surface area (Å²) in [6.45, 7) is 11.3. The second kappa shape index (κ2) is 15.3. The van der Waals surface area contributed by atoms with Crippen LogP contribution in [0.15, 0.2) is 55.6 Å². The van der Waals surface area contributed by atoms with Crippen LogP contribution in [-0.2, 0) is 33.4 Å². The molecular weight excluding hydrogens is 592 g/mol. The number of fused-ring (bicyclic) bond motifs is 1. The molecule has 4 aliphatic rings. The Morgan fingerprint density at radius 3 is 2.61 bits per heavy atom. The lowest BCUT2D eigenvalue weighted by atomic mass is 9.70. The molecule has 0 aromatic heterocycles. The van der Waals surface area contributed by atoms with Crippen molar-refractivity contribution in [3.05, 3.63) is 61.2 Å². The molecule has 3 amide bonds. The van der Waals surface area contributed by atoms with Gasteiger partial charge in [-0.15, -0.1) is 13.2 Å². The molecule has 1 aromatic carbocycles. The number of nitrogens with one attached hydrogen (secondary N) is 1. The molecule has 6 atom stereocenters. The highest BCUT2D eigenvalue weighted by atomic mass is 16.6. The summed E-state index contributed by atoms with van der Waals surface area (Å²) in [5.74, 6) is -3.32. The van der Waals surface area contributed by atoms with Gasteiger partial charge in [0.2, 0.25) is 17.7 Å². The minimum Gasteiger partial charge on any atom is -0.455 e. The van der Waals surface area contributed by atoms with Crippen molar-refractivity contribution >= 4 is 23.7 Å². The highest BCUT2D eigenvalue weighted by Gasteiger charge is 2.75. The molecule has 2 bridgehead atoms. The summed E-state index contributed by atoms with van der Waals surface area (Å²) in [6, 6.07) is 8.13. The van der Waals surface area contributed by atoms with Crippen LogP contribution in [0.5, 0.6) is 0 Å². The zero-order valence-electron chi connectivity index (χ0n) is 26.4. The molecule has 250 valence electrons. The Labute approximate surface area is 270 Å². The van der Waals surface area contributed by atoms with Gasteiger partial charge in [0.15, 0.2) is 0 Å². The Morgan fingerprint density at radius 2 is 1.91 bits per heavy atom. The Morgan fingerprint density at radius 1 is 1.15 bits per heavy atom. The van der Waals surface area contributed by atoms with Gasteiger partial charge in [-0.2, -0.15) is 0 Å². The van der Waals surface area contributed by atoms with E-state index in [4.69, 9.17) is 14.2 Å². The molecule has 46 heavy (non-hydrogen) atoms. The fourth-order valence-electron chi connectivity index (χ4n) is 7.40. The number of benzene rings is 1. The van der Waals surface area contributed by atoms with Crippen LogP contribution >= 0.6 is 0 Å².